The van der Waals surface area contributed by atoms with Gasteiger partial charge in [-0.1, -0.05) is 19.9 Å². The summed E-state index contributed by atoms with van der Waals surface area (Å²) in [6.45, 7) is 4.06. The van der Waals surface area contributed by atoms with Crippen molar-refractivity contribution in [2.24, 2.45) is 11.8 Å². The molecule has 154 valence electrons. The van der Waals surface area contributed by atoms with Crippen molar-refractivity contribution in [1.29, 1.82) is 0 Å². The number of imide groups is 1. The summed E-state index contributed by atoms with van der Waals surface area (Å²) in [5, 5.41) is 11.1. The van der Waals surface area contributed by atoms with Gasteiger partial charge >= 0.3 is 5.97 Å². The SMILES string of the molecule is CC1CC(C)CN(C(=O)COC(=O)CN2C(=O)c3cccc([N+](=O)[O-])c3C2=O)C1. The fourth-order valence-electron chi connectivity index (χ4n) is 3.89. The van der Waals surface area contributed by atoms with Gasteiger partial charge in [0, 0.05) is 19.2 Å². The summed E-state index contributed by atoms with van der Waals surface area (Å²) in [6.07, 6.45) is 1.02. The number of hydrogen-bond donors (Lipinski definition) is 0. The third-order valence-corrected chi connectivity index (χ3v) is 5.04. The molecule has 3 rings (SSSR count). The fourth-order valence-corrected chi connectivity index (χ4v) is 3.89. The zero-order valence-corrected chi connectivity index (χ0v) is 16.1. The van der Waals surface area contributed by atoms with E-state index < -0.39 is 41.5 Å². The van der Waals surface area contributed by atoms with Gasteiger partial charge < -0.3 is 9.64 Å². The Hall–Kier alpha value is -3.30. The molecule has 0 saturated carbocycles. The van der Waals surface area contributed by atoms with E-state index in [-0.39, 0.29) is 17.0 Å². The van der Waals surface area contributed by atoms with Crippen LogP contribution >= 0.6 is 0 Å². The topological polar surface area (TPSA) is 127 Å². The number of amides is 3. The number of carbonyl (C=O) groups excluding carboxylic acids is 4. The Morgan fingerprint density at radius 3 is 2.45 bits per heavy atom. The van der Waals surface area contributed by atoms with Crippen LogP contribution in [0.4, 0.5) is 5.69 Å². The first-order valence-electron chi connectivity index (χ1n) is 9.26. The smallest absolute Gasteiger partial charge is 0.326 e. The number of rotatable bonds is 5. The molecule has 1 saturated heterocycles. The molecule has 1 aromatic rings. The molecule has 2 aliphatic heterocycles. The maximum atomic E-state index is 12.4. The Bertz CT molecular complexity index is 888. The van der Waals surface area contributed by atoms with E-state index in [1.54, 1.807) is 4.90 Å². The van der Waals surface area contributed by atoms with Crippen LogP contribution in [0.2, 0.25) is 0 Å². The van der Waals surface area contributed by atoms with Gasteiger partial charge in [0.15, 0.2) is 6.61 Å². The Labute approximate surface area is 166 Å². The van der Waals surface area contributed by atoms with Crippen LogP contribution in [0.1, 0.15) is 41.0 Å². The number of likely N-dealkylation sites (tertiary alicyclic amines) is 1. The standard InChI is InChI=1S/C19H21N3O7/c1-11-6-12(2)8-20(7-11)15(23)10-29-16(24)9-21-18(25)13-4-3-5-14(22(27)28)17(13)19(21)26/h3-5,11-12H,6-10H2,1-2H3. The number of nitrogens with zero attached hydrogens (tertiary/aromatic N) is 3. The first kappa shape index (κ1) is 20.4. The third kappa shape index (κ3) is 4.10. The van der Waals surface area contributed by atoms with Gasteiger partial charge in [-0.25, -0.2) is 0 Å². The van der Waals surface area contributed by atoms with E-state index >= 15 is 0 Å². The van der Waals surface area contributed by atoms with Crippen LogP contribution in [0.15, 0.2) is 18.2 Å². The van der Waals surface area contributed by atoms with Crippen molar-refractivity contribution in [1.82, 2.24) is 9.80 Å². The first-order chi connectivity index (χ1) is 13.7. The number of ether oxygens (including phenoxy) is 1. The molecule has 10 nitrogen and oxygen atoms in total. The van der Waals surface area contributed by atoms with E-state index in [0.29, 0.717) is 29.8 Å². The van der Waals surface area contributed by atoms with E-state index in [1.807, 2.05) is 13.8 Å². The van der Waals surface area contributed by atoms with Crippen molar-refractivity contribution in [3.05, 3.63) is 39.4 Å². The van der Waals surface area contributed by atoms with E-state index in [0.717, 1.165) is 12.5 Å². The van der Waals surface area contributed by atoms with E-state index in [4.69, 9.17) is 4.74 Å². The largest absolute Gasteiger partial charge is 0.454 e. The number of nitro groups is 1. The van der Waals surface area contributed by atoms with Crippen LogP contribution in [0, 0.1) is 22.0 Å². The Morgan fingerprint density at radius 2 is 1.83 bits per heavy atom. The summed E-state index contributed by atoms with van der Waals surface area (Å²) in [7, 11) is 0. The number of nitro benzene ring substituents is 1. The highest BCUT2D eigenvalue weighted by Crippen LogP contribution is 2.30. The average Bonchev–Trinajstić information content (AvgIpc) is 2.90. The van der Waals surface area contributed by atoms with Crippen molar-refractivity contribution in [3.63, 3.8) is 0 Å². The molecule has 1 aromatic carbocycles. The van der Waals surface area contributed by atoms with E-state index in [1.165, 1.54) is 12.1 Å². The number of hydrogen-bond acceptors (Lipinski definition) is 7. The molecule has 2 atom stereocenters. The molecule has 0 aromatic heterocycles. The second-order valence-electron chi connectivity index (χ2n) is 7.56. The highest BCUT2D eigenvalue weighted by molar-refractivity contribution is 6.24. The van der Waals surface area contributed by atoms with Gasteiger partial charge in [-0.2, -0.15) is 0 Å². The maximum absolute atomic E-state index is 12.4. The van der Waals surface area contributed by atoms with Crippen molar-refractivity contribution < 1.29 is 28.8 Å². The lowest BCUT2D eigenvalue weighted by Crippen LogP contribution is -2.45. The average molecular weight is 403 g/mol. The predicted octanol–water partition coefficient (Wildman–Crippen LogP) is 1.24. The fraction of sp³-hybridized carbons (Fsp3) is 0.474. The molecule has 0 N–H and O–H groups in total. The van der Waals surface area contributed by atoms with Gasteiger partial charge in [0.25, 0.3) is 23.4 Å². The highest BCUT2D eigenvalue weighted by atomic mass is 16.6. The Kier molecular flexibility index (Phi) is 5.62. The quantitative estimate of drug-likeness (QED) is 0.313. The number of fused-ring (bicyclic) bond motifs is 1. The van der Waals surface area contributed by atoms with Crippen molar-refractivity contribution in [2.45, 2.75) is 20.3 Å². The molecule has 3 amide bonds. The summed E-state index contributed by atoms with van der Waals surface area (Å²) >= 11 is 0. The van der Waals surface area contributed by atoms with Gasteiger partial charge in [-0.3, -0.25) is 34.2 Å². The molecule has 2 aliphatic rings. The number of piperidine rings is 1. The molecule has 0 spiro atoms. The van der Waals surface area contributed by atoms with E-state index in [9.17, 15) is 29.3 Å². The molecule has 0 radical (unpaired) electrons. The molecular weight excluding hydrogens is 382 g/mol. The summed E-state index contributed by atoms with van der Waals surface area (Å²) in [5.41, 5.74) is -0.979. The van der Waals surface area contributed by atoms with Crippen LogP contribution in [0.25, 0.3) is 0 Å². The zero-order chi connectivity index (χ0) is 21.3. The number of carbonyl (C=O) groups is 4. The van der Waals surface area contributed by atoms with Crippen LogP contribution in [0.5, 0.6) is 0 Å². The number of esters is 1. The molecule has 10 heteroatoms. The molecule has 0 bridgehead atoms. The van der Waals surface area contributed by atoms with Crippen molar-refractivity contribution >= 4 is 29.4 Å². The normalized spacial score (nSPS) is 21.2. The zero-order valence-electron chi connectivity index (χ0n) is 16.1. The van der Waals surface area contributed by atoms with E-state index in [2.05, 4.69) is 0 Å². The maximum Gasteiger partial charge on any atom is 0.326 e. The van der Waals surface area contributed by atoms with Crippen molar-refractivity contribution in [2.75, 3.05) is 26.2 Å². The van der Waals surface area contributed by atoms with Gasteiger partial charge in [0.05, 0.1) is 10.5 Å². The summed E-state index contributed by atoms with van der Waals surface area (Å²) in [6, 6.07) is 3.70. The van der Waals surface area contributed by atoms with Gasteiger partial charge in [0.1, 0.15) is 12.1 Å². The molecular formula is C19H21N3O7. The molecule has 2 unspecified atom stereocenters. The lowest BCUT2D eigenvalue weighted by atomic mass is 9.92. The van der Waals surface area contributed by atoms with Gasteiger partial charge in [-0.05, 0) is 24.3 Å². The Balaban J connectivity index is 1.61. The predicted molar refractivity (Wildman–Crippen MR) is 98.9 cm³/mol. The second kappa shape index (κ2) is 7.98. The van der Waals surface area contributed by atoms with Crippen LogP contribution in [-0.2, 0) is 14.3 Å². The minimum Gasteiger partial charge on any atom is -0.454 e. The number of benzene rings is 1. The third-order valence-electron chi connectivity index (χ3n) is 5.04. The first-order valence-corrected chi connectivity index (χ1v) is 9.26. The minimum atomic E-state index is -0.936. The minimum absolute atomic E-state index is 0.135. The molecule has 29 heavy (non-hydrogen) atoms. The van der Waals surface area contributed by atoms with Crippen molar-refractivity contribution in [3.8, 4) is 0 Å². The highest BCUT2D eigenvalue weighted by Gasteiger charge is 2.42. The lowest BCUT2D eigenvalue weighted by molar-refractivity contribution is -0.385. The molecule has 0 aliphatic carbocycles. The molecule has 1 fully saturated rings. The summed E-state index contributed by atoms with van der Waals surface area (Å²) in [5.74, 6) is -2.31. The summed E-state index contributed by atoms with van der Waals surface area (Å²) in [4.78, 5) is 61.8. The molecule has 2 heterocycles. The van der Waals surface area contributed by atoms with Crippen LogP contribution < -0.4 is 0 Å². The van der Waals surface area contributed by atoms with Gasteiger partial charge in [-0.15, -0.1) is 0 Å². The Morgan fingerprint density at radius 1 is 1.17 bits per heavy atom. The summed E-state index contributed by atoms with van der Waals surface area (Å²) < 4.78 is 4.95. The lowest BCUT2D eigenvalue weighted by Gasteiger charge is -2.34. The van der Waals surface area contributed by atoms with Crippen LogP contribution in [0.3, 0.4) is 0 Å². The van der Waals surface area contributed by atoms with Gasteiger partial charge in [0.2, 0.25) is 0 Å². The second-order valence-corrected chi connectivity index (χ2v) is 7.56. The van der Waals surface area contributed by atoms with Crippen LogP contribution in [-0.4, -0.2) is 64.7 Å². The monoisotopic (exact) mass is 403 g/mol.